The van der Waals surface area contributed by atoms with Crippen molar-refractivity contribution >= 4 is 5.91 Å². The molecule has 2 rings (SSSR count). The molecule has 1 atom stereocenters. The highest BCUT2D eigenvalue weighted by molar-refractivity contribution is 5.78. The lowest BCUT2D eigenvalue weighted by Crippen LogP contribution is -2.39. The number of carbonyl (C=O) groups is 1. The molecule has 110 valence electrons. The molecule has 0 radical (unpaired) electrons. The zero-order valence-corrected chi connectivity index (χ0v) is 12.5. The summed E-state index contributed by atoms with van der Waals surface area (Å²) in [7, 11) is 2.00. The number of rotatable bonds is 4. The van der Waals surface area contributed by atoms with Crippen LogP contribution in [0.15, 0.2) is 0 Å². The van der Waals surface area contributed by atoms with Gasteiger partial charge in [-0.1, -0.05) is 32.1 Å². The fourth-order valence-corrected chi connectivity index (χ4v) is 3.47. The molecule has 2 fully saturated rings. The molecule has 3 heteroatoms. The van der Waals surface area contributed by atoms with Crippen molar-refractivity contribution in [3.05, 3.63) is 0 Å². The normalized spacial score (nSPS) is 25.8. The molecule has 0 bridgehead atoms. The maximum atomic E-state index is 12.4. The molecule has 1 amide bonds. The fraction of sp³-hybridized carbons (Fsp3) is 0.938. The molecule has 0 aromatic carbocycles. The van der Waals surface area contributed by atoms with Gasteiger partial charge in [0.1, 0.15) is 0 Å². The summed E-state index contributed by atoms with van der Waals surface area (Å²) in [5.41, 5.74) is 0. The van der Waals surface area contributed by atoms with Crippen LogP contribution in [0.5, 0.6) is 0 Å². The van der Waals surface area contributed by atoms with Crippen LogP contribution in [0.2, 0.25) is 0 Å². The Bertz CT molecular complexity index is 266. The van der Waals surface area contributed by atoms with E-state index in [4.69, 9.17) is 0 Å². The van der Waals surface area contributed by atoms with E-state index in [2.05, 4.69) is 5.32 Å². The van der Waals surface area contributed by atoms with E-state index in [1.807, 2.05) is 11.9 Å². The summed E-state index contributed by atoms with van der Waals surface area (Å²) in [6, 6.07) is 0.637. The molecule has 1 unspecified atom stereocenters. The van der Waals surface area contributed by atoms with E-state index >= 15 is 0 Å². The van der Waals surface area contributed by atoms with E-state index in [0.29, 0.717) is 17.9 Å². The summed E-state index contributed by atoms with van der Waals surface area (Å²) >= 11 is 0. The minimum Gasteiger partial charge on any atom is -0.345 e. The Morgan fingerprint density at radius 3 is 2.37 bits per heavy atom. The summed E-state index contributed by atoms with van der Waals surface area (Å²) in [6.45, 7) is 2.08. The van der Waals surface area contributed by atoms with Gasteiger partial charge in [-0.3, -0.25) is 4.79 Å². The highest BCUT2D eigenvalue weighted by Gasteiger charge is 2.23. The summed E-state index contributed by atoms with van der Waals surface area (Å²) in [4.78, 5) is 14.4. The minimum atomic E-state index is 0.312. The Balaban J connectivity index is 1.71. The SMILES string of the molecule is CN(CCC1CCCCN1)C(=O)C1CCCCCC1. The van der Waals surface area contributed by atoms with Gasteiger partial charge in [0, 0.05) is 25.6 Å². The quantitative estimate of drug-likeness (QED) is 0.794. The van der Waals surface area contributed by atoms with Crippen LogP contribution >= 0.6 is 0 Å². The standard InChI is InChI=1S/C16H30N2O/c1-18(13-11-15-10-6-7-12-17-15)16(19)14-8-4-2-3-5-9-14/h14-15,17H,2-13H2,1H3. The zero-order valence-electron chi connectivity index (χ0n) is 12.5. The average Bonchev–Trinajstić information content (AvgIpc) is 2.74. The lowest BCUT2D eigenvalue weighted by molar-refractivity contribution is -0.134. The Labute approximate surface area is 118 Å². The van der Waals surface area contributed by atoms with Gasteiger partial charge in [-0.2, -0.15) is 0 Å². The third kappa shape index (κ3) is 4.79. The van der Waals surface area contributed by atoms with E-state index in [9.17, 15) is 4.79 Å². The van der Waals surface area contributed by atoms with Gasteiger partial charge in [0.25, 0.3) is 0 Å². The van der Waals surface area contributed by atoms with Crippen molar-refractivity contribution in [2.75, 3.05) is 20.1 Å². The molecule has 1 heterocycles. The molecule has 1 aliphatic heterocycles. The number of hydrogen-bond donors (Lipinski definition) is 1. The third-order valence-corrected chi connectivity index (χ3v) is 4.81. The first-order chi connectivity index (χ1) is 9.27. The molecule has 19 heavy (non-hydrogen) atoms. The maximum absolute atomic E-state index is 12.4. The monoisotopic (exact) mass is 266 g/mol. The molecule has 1 saturated heterocycles. The van der Waals surface area contributed by atoms with Gasteiger partial charge in [-0.25, -0.2) is 0 Å². The smallest absolute Gasteiger partial charge is 0.225 e. The highest BCUT2D eigenvalue weighted by Crippen LogP contribution is 2.24. The first-order valence-corrected chi connectivity index (χ1v) is 8.26. The van der Waals surface area contributed by atoms with Crippen LogP contribution in [0.25, 0.3) is 0 Å². The number of nitrogens with one attached hydrogen (secondary N) is 1. The van der Waals surface area contributed by atoms with E-state index in [1.54, 1.807) is 0 Å². The third-order valence-electron chi connectivity index (χ3n) is 4.81. The molecule has 1 aliphatic carbocycles. The lowest BCUT2D eigenvalue weighted by Gasteiger charge is -2.27. The number of hydrogen-bond acceptors (Lipinski definition) is 2. The van der Waals surface area contributed by atoms with Gasteiger partial charge >= 0.3 is 0 Å². The highest BCUT2D eigenvalue weighted by atomic mass is 16.2. The molecule has 0 aromatic rings. The Hall–Kier alpha value is -0.570. The first-order valence-electron chi connectivity index (χ1n) is 8.26. The van der Waals surface area contributed by atoms with Gasteiger partial charge in [0.05, 0.1) is 0 Å². The largest absolute Gasteiger partial charge is 0.345 e. The fourth-order valence-electron chi connectivity index (χ4n) is 3.47. The Morgan fingerprint density at radius 1 is 1.05 bits per heavy atom. The lowest BCUT2D eigenvalue weighted by atomic mass is 9.98. The molecular formula is C16H30N2O. The predicted molar refractivity (Wildman–Crippen MR) is 79.1 cm³/mol. The molecule has 0 spiro atoms. The van der Waals surface area contributed by atoms with Gasteiger partial charge in [0.15, 0.2) is 0 Å². The second-order valence-electron chi connectivity index (χ2n) is 6.38. The molecular weight excluding hydrogens is 236 g/mol. The van der Waals surface area contributed by atoms with Crippen molar-refractivity contribution in [1.82, 2.24) is 10.2 Å². The molecule has 2 aliphatic rings. The molecule has 3 nitrogen and oxygen atoms in total. The minimum absolute atomic E-state index is 0.312. The van der Waals surface area contributed by atoms with Crippen LogP contribution in [-0.4, -0.2) is 37.0 Å². The van der Waals surface area contributed by atoms with Crippen LogP contribution in [0, 0.1) is 5.92 Å². The zero-order chi connectivity index (χ0) is 13.5. The topological polar surface area (TPSA) is 32.3 Å². The van der Waals surface area contributed by atoms with Gasteiger partial charge in [-0.15, -0.1) is 0 Å². The first kappa shape index (κ1) is 14.8. The summed E-state index contributed by atoms with van der Waals surface area (Å²) in [5, 5.41) is 3.56. The number of nitrogens with zero attached hydrogens (tertiary/aromatic N) is 1. The van der Waals surface area contributed by atoms with Crippen molar-refractivity contribution < 1.29 is 4.79 Å². The van der Waals surface area contributed by atoms with Crippen LogP contribution in [0.3, 0.4) is 0 Å². The summed E-state index contributed by atoms with van der Waals surface area (Å²) in [5.74, 6) is 0.713. The summed E-state index contributed by atoms with van der Waals surface area (Å²) in [6.07, 6.45) is 12.4. The van der Waals surface area contributed by atoms with Gasteiger partial charge < -0.3 is 10.2 Å². The van der Waals surface area contributed by atoms with Crippen LogP contribution in [0.4, 0.5) is 0 Å². The second-order valence-corrected chi connectivity index (χ2v) is 6.38. The average molecular weight is 266 g/mol. The van der Waals surface area contributed by atoms with Gasteiger partial charge in [-0.05, 0) is 38.6 Å². The van der Waals surface area contributed by atoms with Crippen molar-refractivity contribution in [2.24, 2.45) is 5.92 Å². The second kappa shape index (κ2) is 7.88. The van der Waals surface area contributed by atoms with E-state index in [0.717, 1.165) is 32.4 Å². The molecule has 1 N–H and O–H groups in total. The van der Waals surface area contributed by atoms with E-state index < -0.39 is 0 Å². The van der Waals surface area contributed by atoms with Crippen LogP contribution < -0.4 is 5.32 Å². The van der Waals surface area contributed by atoms with Gasteiger partial charge in [0.2, 0.25) is 5.91 Å². The maximum Gasteiger partial charge on any atom is 0.225 e. The molecule has 1 saturated carbocycles. The van der Waals surface area contributed by atoms with E-state index in [1.165, 1.54) is 44.9 Å². The number of piperidine rings is 1. The van der Waals surface area contributed by atoms with Crippen molar-refractivity contribution in [3.63, 3.8) is 0 Å². The predicted octanol–water partition coefficient (Wildman–Crippen LogP) is 2.95. The summed E-state index contributed by atoms with van der Waals surface area (Å²) < 4.78 is 0. The van der Waals surface area contributed by atoms with Crippen LogP contribution in [-0.2, 0) is 4.79 Å². The van der Waals surface area contributed by atoms with E-state index in [-0.39, 0.29) is 0 Å². The van der Waals surface area contributed by atoms with Crippen LogP contribution in [0.1, 0.15) is 64.2 Å². The number of carbonyl (C=O) groups excluding carboxylic acids is 1. The Kier molecular flexibility index (Phi) is 6.15. The number of amides is 1. The Morgan fingerprint density at radius 2 is 1.74 bits per heavy atom. The molecule has 0 aromatic heterocycles. The van der Waals surface area contributed by atoms with Crippen molar-refractivity contribution in [2.45, 2.75) is 70.3 Å². The van der Waals surface area contributed by atoms with Crippen molar-refractivity contribution in [3.8, 4) is 0 Å². The van der Waals surface area contributed by atoms with Crippen molar-refractivity contribution in [1.29, 1.82) is 0 Å².